The number of halogens is 4. The van der Waals surface area contributed by atoms with E-state index in [2.05, 4.69) is 21.7 Å². The van der Waals surface area contributed by atoms with Gasteiger partial charge in [0.1, 0.15) is 5.82 Å². The molecule has 0 spiro atoms. The summed E-state index contributed by atoms with van der Waals surface area (Å²) in [6, 6.07) is 13.1. The van der Waals surface area contributed by atoms with Crippen LogP contribution >= 0.6 is 0 Å². The maximum atomic E-state index is 13.3. The predicted molar refractivity (Wildman–Crippen MR) is 107 cm³/mol. The van der Waals surface area contributed by atoms with Crippen LogP contribution in [0.25, 0.3) is 22.4 Å². The highest BCUT2D eigenvalue weighted by Gasteiger charge is 2.28. The molecule has 0 bridgehead atoms. The van der Waals surface area contributed by atoms with Crippen LogP contribution in [0.1, 0.15) is 5.56 Å². The van der Waals surface area contributed by atoms with Gasteiger partial charge in [-0.05, 0) is 47.0 Å². The fourth-order valence-corrected chi connectivity index (χ4v) is 2.93. The lowest BCUT2D eigenvalue weighted by Gasteiger charge is -2.12. The molecule has 0 aliphatic rings. The fourth-order valence-electron chi connectivity index (χ4n) is 2.93. The number of carbonyl (C=O) groups is 1. The van der Waals surface area contributed by atoms with E-state index < -0.39 is 13.0 Å². The van der Waals surface area contributed by atoms with Gasteiger partial charge in [0, 0.05) is 18.3 Å². The molecule has 0 aliphatic carbocycles. The first kappa shape index (κ1) is 22.2. The summed E-state index contributed by atoms with van der Waals surface area (Å²) in [7, 11) is 0. The van der Waals surface area contributed by atoms with Gasteiger partial charge in [-0.3, -0.25) is 14.2 Å². The first-order valence-corrected chi connectivity index (χ1v) is 9.29. The number of rotatable bonds is 8. The fraction of sp³-hybridized carbons (Fsp3) is 0.182. The number of hydrogen-bond donors (Lipinski definition) is 1. The number of nitrogens with one attached hydrogen (secondary N) is 1. The van der Waals surface area contributed by atoms with Gasteiger partial charge < -0.3 is 5.32 Å². The van der Waals surface area contributed by atoms with E-state index in [4.69, 9.17) is 0 Å². The molecule has 0 atom stereocenters. The van der Waals surface area contributed by atoms with E-state index in [1.165, 1.54) is 16.8 Å². The quantitative estimate of drug-likeness (QED) is 0.414. The summed E-state index contributed by atoms with van der Waals surface area (Å²) < 4.78 is 54.9. The van der Waals surface area contributed by atoms with Crippen molar-refractivity contribution in [3.63, 3.8) is 0 Å². The Balaban J connectivity index is 1.89. The molecule has 0 radical (unpaired) electrons. The standard InChI is InChI=1S/C22H19F4N3O2/c1-2-21(30)27-14-17-4-3-16(15-5-7-18(23)8-6-15)13-19(17)20-9-10-29(28-20)11-12-31-22(24,25)26/h2-10,13H,1,11-12,14H2,(H,27,30). The zero-order chi connectivity index (χ0) is 22.4. The summed E-state index contributed by atoms with van der Waals surface area (Å²) in [5.74, 6) is -0.698. The van der Waals surface area contributed by atoms with Crippen molar-refractivity contribution in [3.05, 3.63) is 78.8 Å². The molecule has 5 nitrogen and oxygen atoms in total. The van der Waals surface area contributed by atoms with Crippen LogP contribution in [0.15, 0.2) is 67.4 Å². The van der Waals surface area contributed by atoms with Crippen LogP contribution in [-0.4, -0.2) is 28.7 Å². The molecule has 31 heavy (non-hydrogen) atoms. The van der Waals surface area contributed by atoms with Crippen molar-refractivity contribution >= 4 is 5.91 Å². The lowest BCUT2D eigenvalue weighted by Crippen LogP contribution is -2.20. The molecule has 0 unspecified atom stereocenters. The summed E-state index contributed by atoms with van der Waals surface area (Å²) in [6.45, 7) is 2.96. The van der Waals surface area contributed by atoms with Crippen molar-refractivity contribution in [1.29, 1.82) is 0 Å². The van der Waals surface area contributed by atoms with E-state index in [1.807, 2.05) is 18.2 Å². The number of ether oxygens (including phenoxy) is 1. The first-order chi connectivity index (χ1) is 14.7. The molecule has 1 aromatic heterocycles. The van der Waals surface area contributed by atoms with Crippen molar-refractivity contribution in [2.45, 2.75) is 19.5 Å². The van der Waals surface area contributed by atoms with Crippen LogP contribution in [-0.2, 0) is 22.6 Å². The van der Waals surface area contributed by atoms with Gasteiger partial charge in [-0.25, -0.2) is 4.39 Å². The number of hydrogen-bond acceptors (Lipinski definition) is 3. The second-order valence-corrected chi connectivity index (χ2v) is 6.56. The third-order valence-electron chi connectivity index (χ3n) is 4.43. The van der Waals surface area contributed by atoms with E-state index in [9.17, 15) is 22.4 Å². The van der Waals surface area contributed by atoms with Gasteiger partial charge in [-0.2, -0.15) is 5.10 Å². The minimum absolute atomic E-state index is 0.0836. The molecular formula is C22H19F4N3O2. The molecule has 2 aromatic carbocycles. The van der Waals surface area contributed by atoms with Crippen molar-refractivity contribution in [3.8, 4) is 22.4 Å². The molecular weight excluding hydrogens is 414 g/mol. The average Bonchev–Trinajstić information content (AvgIpc) is 3.20. The lowest BCUT2D eigenvalue weighted by molar-refractivity contribution is -0.325. The second kappa shape index (κ2) is 9.57. The number of amides is 1. The van der Waals surface area contributed by atoms with Gasteiger partial charge in [0.15, 0.2) is 0 Å². The third-order valence-corrected chi connectivity index (χ3v) is 4.43. The van der Waals surface area contributed by atoms with Crippen LogP contribution in [0, 0.1) is 5.82 Å². The van der Waals surface area contributed by atoms with Gasteiger partial charge in [0.2, 0.25) is 5.91 Å². The van der Waals surface area contributed by atoms with Crippen molar-refractivity contribution < 1.29 is 27.1 Å². The molecule has 3 aromatic rings. The van der Waals surface area contributed by atoms with Crippen molar-refractivity contribution in [2.24, 2.45) is 0 Å². The summed E-state index contributed by atoms with van der Waals surface area (Å²) in [5.41, 5.74) is 3.52. The summed E-state index contributed by atoms with van der Waals surface area (Å²) in [5, 5.41) is 7.03. The minimum atomic E-state index is -4.70. The molecule has 9 heteroatoms. The van der Waals surface area contributed by atoms with Gasteiger partial charge in [-0.1, -0.05) is 30.8 Å². The Morgan fingerprint density at radius 2 is 1.84 bits per heavy atom. The second-order valence-electron chi connectivity index (χ2n) is 6.56. The number of alkyl halides is 3. The summed E-state index contributed by atoms with van der Waals surface area (Å²) >= 11 is 0. The Morgan fingerprint density at radius 3 is 2.52 bits per heavy atom. The molecule has 0 fully saturated rings. The topological polar surface area (TPSA) is 56.2 Å². The number of aromatic nitrogens is 2. The van der Waals surface area contributed by atoms with E-state index in [1.54, 1.807) is 24.4 Å². The Morgan fingerprint density at radius 1 is 1.13 bits per heavy atom. The first-order valence-electron chi connectivity index (χ1n) is 9.29. The van der Waals surface area contributed by atoms with Crippen molar-refractivity contribution in [2.75, 3.05) is 6.61 Å². The normalized spacial score (nSPS) is 11.4. The molecule has 1 heterocycles. The zero-order valence-corrected chi connectivity index (χ0v) is 16.3. The lowest BCUT2D eigenvalue weighted by atomic mass is 9.97. The highest BCUT2D eigenvalue weighted by atomic mass is 19.4. The number of nitrogens with zero attached hydrogens (tertiary/aromatic N) is 2. The van der Waals surface area contributed by atoms with Crippen molar-refractivity contribution in [1.82, 2.24) is 15.1 Å². The Hall–Kier alpha value is -3.46. The zero-order valence-electron chi connectivity index (χ0n) is 16.3. The maximum absolute atomic E-state index is 13.3. The highest BCUT2D eigenvalue weighted by Crippen LogP contribution is 2.29. The molecule has 1 N–H and O–H groups in total. The molecule has 3 rings (SSSR count). The Bertz CT molecular complexity index is 1060. The van der Waals surface area contributed by atoms with Gasteiger partial charge in [-0.15, -0.1) is 13.2 Å². The average molecular weight is 433 g/mol. The van der Waals surface area contributed by atoms with Crippen LogP contribution < -0.4 is 5.32 Å². The molecule has 0 saturated heterocycles. The minimum Gasteiger partial charge on any atom is -0.348 e. The van der Waals surface area contributed by atoms with Crippen LogP contribution in [0.2, 0.25) is 0 Å². The predicted octanol–water partition coefficient (Wildman–Crippen LogP) is 4.69. The number of benzene rings is 2. The maximum Gasteiger partial charge on any atom is 0.522 e. The summed E-state index contributed by atoms with van der Waals surface area (Å²) in [4.78, 5) is 11.6. The monoisotopic (exact) mass is 433 g/mol. The van der Waals surface area contributed by atoms with E-state index >= 15 is 0 Å². The van der Waals surface area contributed by atoms with Crippen LogP contribution in [0.5, 0.6) is 0 Å². The molecule has 0 saturated carbocycles. The Kier molecular flexibility index (Phi) is 6.86. The molecule has 1 amide bonds. The van der Waals surface area contributed by atoms with Gasteiger partial charge in [0.25, 0.3) is 0 Å². The Labute approximate surface area is 176 Å². The van der Waals surface area contributed by atoms with Crippen LogP contribution in [0.4, 0.5) is 17.6 Å². The third kappa shape index (κ3) is 6.26. The van der Waals surface area contributed by atoms with E-state index in [0.717, 1.165) is 22.8 Å². The highest BCUT2D eigenvalue weighted by molar-refractivity contribution is 5.87. The van der Waals surface area contributed by atoms with Gasteiger partial charge in [0.05, 0.1) is 18.8 Å². The largest absolute Gasteiger partial charge is 0.522 e. The SMILES string of the molecule is C=CC(=O)NCc1ccc(-c2ccc(F)cc2)cc1-c1ccn(CCOC(F)(F)F)n1. The van der Waals surface area contributed by atoms with E-state index in [0.29, 0.717) is 11.3 Å². The van der Waals surface area contributed by atoms with Gasteiger partial charge >= 0.3 is 6.36 Å². The number of carbonyl (C=O) groups excluding carboxylic acids is 1. The summed E-state index contributed by atoms with van der Waals surface area (Å²) in [6.07, 6.45) is -2.00. The molecule has 162 valence electrons. The molecule has 0 aliphatic heterocycles. The van der Waals surface area contributed by atoms with Crippen LogP contribution in [0.3, 0.4) is 0 Å². The smallest absolute Gasteiger partial charge is 0.348 e. The van der Waals surface area contributed by atoms with E-state index in [-0.39, 0.29) is 24.8 Å².